The van der Waals surface area contributed by atoms with Crippen molar-refractivity contribution in [3.63, 3.8) is 0 Å². The van der Waals surface area contributed by atoms with E-state index in [0.29, 0.717) is 12.6 Å². The van der Waals surface area contributed by atoms with Gasteiger partial charge in [0.15, 0.2) is 0 Å². The van der Waals surface area contributed by atoms with Gasteiger partial charge in [-0.1, -0.05) is 0 Å². The van der Waals surface area contributed by atoms with Gasteiger partial charge >= 0.3 is 0 Å². The molecule has 3 saturated heterocycles. The quantitative estimate of drug-likeness (QED) is 0.799. The second kappa shape index (κ2) is 7.66. The molecule has 3 aliphatic rings. The largest absolute Gasteiger partial charge is 0.370 e. The number of aromatic nitrogens is 2. The summed E-state index contributed by atoms with van der Waals surface area (Å²) in [4.78, 5) is 24.9. The molecule has 0 N–H and O–H groups in total. The molecule has 0 spiro atoms. The molecule has 0 unspecified atom stereocenters. The molecule has 0 aromatic carbocycles. The van der Waals surface area contributed by atoms with Crippen LogP contribution in [0.15, 0.2) is 18.5 Å². The van der Waals surface area contributed by atoms with Gasteiger partial charge in [-0.2, -0.15) is 0 Å². The highest BCUT2D eigenvalue weighted by molar-refractivity contribution is 5.77. The number of likely N-dealkylation sites (tertiary alicyclic amines) is 1. The third-order valence-corrected chi connectivity index (χ3v) is 5.43. The molecule has 136 valence electrons. The summed E-state index contributed by atoms with van der Waals surface area (Å²) in [5.41, 5.74) is 0. The van der Waals surface area contributed by atoms with Gasteiger partial charge < -0.3 is 19.3 Å². The number of ether oxygens (including phenoxy) is 2. The fraction of sp³-hybridized carbons (Fsp3) is 0.722. The number of hydrogen-bond acceptors (Lipinski definition) is 6. The predicted octanol–water partition coefficient (Wildman–Crippen LogP) is 1.24. The van der Waals surface area contributed by atoms with E-state index in [2.05, 4.69) is 14.9 Å². The van der Waals surface area contributed by atoms with Crippen LogP contribution < -0.4 is 4.90 Å². The van der Waals surface area contributed by atoms with E-state index in [1.54, 1.807) is 12.4 Å². The van der Waals surface area contributed by atoms with Gasteiger partial charge in [-0.25, -0.2) is 9.97 Å². The lowest BCUT2D eigenvalue weighted by Crippen LogP contribution is -2.44. The highest BCUT2D eigenvalue weighted by Crippen LogP contribution is 2.33. The smallest absolute Gasteiger partial charge is 0.248 e. The summed E-state index contributed by atoms with van der Waals surface area (Å²) in [5, 5.41) is 0. The van der Waals surface area contributed by atoms with Gasteiger partial charge in [-0.05, 0) is 38.2 Å². The number of hydrogen-bond donors (Lipinski definition) is 0. The molecule has 7 nitrogen and oxygen atoms in total. The minimum atomic E-state index is 0.0873. The van der Waals surface area contributed by atoms with Crippen LogP contribution in [0.4, 0.5) is 5.95 Å². The fourth-order valence-corrected chi connectivity index (χ4v) is 4.14. The first-order valence-corrected chi connectivity index (χ1v) is 9.36. The molecule has 1 amide bonds. The molecule has 25 heavy (non-hydrogen) atoms. The van der Waals surface area contributed by atoms with Crippen molar-refractivity contribution < 1.29 is 14.3 Å². The summed E-state index contributed by atoms with van der Waals surface area (Å²) < 4.78 is 11.9. The van der Waals surface area contributed by atoms with Gasteiger partial charge in [0, 0.05) is 32.0 Å². The van der Waals surface area contributed by atoms with E-state index in [4.69, 9.17) is 9.47 Å². The van der Waals surface area contributed by atoms with E-state index in [1.807, 2.05) is 11.0 Å². The van der Waals surface area contributed by atoms with Crippen molar-refractivity contribution in [2.24, 2.45) is 0 Å². The fourth-order valence-electron chi connectivity index (χ4n) is 4.14. The van der Waals surface area contributed by atoms with Crippen molar-refractivity contribution in [3.8, 4) is 0 Å². The lowest BCUT2D eigenvalue weighted by atomic mass is 9.99. The van der Waals surface area contributed by atoms with Crippen LogP contribution in [0.25, 0.3) is 0 Å². The topological polar surface area (TPSA) is 67.8 Å². The van der Waals surface area contributed by atoms with E-state index < -0.39 is 0 Å². The van der Waals surface area contributed by atoms with Crippen molar-refractivity contribution in [3.05, 3.63) is 18.5 Å². The Kier molecular flexibility index (Phi) is 5.12. The molecular weight excluding hydrogens is 320 g/mol. The van der Waals surface area contributed by atoms with Crippen LogP contribution in [0, 0.1) is 0 Å². The van der Waals surface area contributed by atoms with Crippen molar-refractivity contribution >= 4 is 11.9 Å². The second-order valence-electron chi connectivity index (χ2n) is 7.08. The Bertz CT molecular complexity index is 579. The molecule has 3 aliphatic heterocycles. The lowest BCUT2D eigenvalue weighted by molar-refractivity contribution is -0.138. The maximum atomic E-state index is 12.0. The Morgan fingerprint density at radius 3 is 2.76 bits per heavy atom. The Morgan fingerprint density at radius 1 is 1.16 bits per heavy atom. The summed E-state index contributed by atoms with van der Waals surface area (Å²) in [6.07, 6.45) is 9.08. The first-order valence-electron chi connectivity index (χ1n) is 9.36. The number of anilines is 1. The first-order chi connectivity index (χ1) is 12.3. The Balaban J connectivity index is 1.23. The highest BCUT2D eigenvalue weighted by Gasteiger charge is 2.40. The minimum absolute atomic E-state index is 0.0873. The molecular formula is C18H26N4O3. The molecule has 0 saturated carbocycles. The van der Waals surface area contributed by atoms with Crippen LogP contribution in [0.1, 0.15) is 32.1 Å². The predicted molar refractivity (Wildman–Crippen MR) is 92.3 cm³/mol. The molecule has 3 fully saturated rings. The van der Waals surface area contributed by atoms with Crippen LogP contribution in [0.2, 0.25) is 0 Å². The summed E-state index contributed by atoms with van der Waals surface area (Å²) in [6.45, 7) is 3.37. The van der Waals surface area contributed by atoms with Crippen LogP contribution >= 0.6 is 0 Å². The number of rotatable bonds is 5. The zero-order chi connectivity index (χ0) is 17.1. The summed E-state index contributed by atoms with van der Waals surface area (Å²) in [7, 11) is 0. The lowest BCUT2D eigenvalue weighted by Gasteiger charge is -2.35. The van der Waals surface area contributed by atoms with Gasteiger partial charge in [0.1, 0.15) is 6.61 Å². The first kappa shape index (κ1) is 16.7. The number of carbonyl (C=O) groups is 1. The SMILES string of the molecule is O=C(COC[C@@H]1CC[C@H]2[C@H](CCN2c2ncccn2)O1)N1CCCC1. The van der Waals surface area contributed by atoms with E-state index >= 15 is 0 Å². The van der Waals surface area contributed by atoms with Crippen LogP contribution in [-0.4, -0.2) is 71.9 Å². The molecule has 0 bridgehead atoms. The molecule has 0 aliphatic carbocycles. The van der Waals surface area contributed by atoms with E-state index in [-0.39, 0.29) is 24.7 Å². The van der Waals surface area contributed by atoms with E-state index in [1.165, 1.54) is 0 Å². The molecule has 1 aromatic heterocycles. The third kappa shape index (κ3) is 3.77. The third-order valence-electron chi connectivity index (χ3n) is 5.43. The highest BCUT2D eigenvalue weighted by atomic mass is 16.5. The summed E-state index contributed by atoms with van der Waals surface area (Å²) in [6, 6.07) is 2.19. The van der Waals surface area contributed by atoms with Crippen molar-refractivity contribution in [2.75, 3.05) is 37.7 Å². The van der Waals surface area contributed by atoms with Crippen molar-refractivity contribution in [1.29, 1.82) is 0 Å². The Morgan fingerprint density at radius 2 is 1.96 bits per heavy atom. The monoisotopic (exact) mass is 346 g/mol. The maximum Gasteiger partial charge on any atom is 0.248 e. The van der Waals surface area contributed by atoms with Gasteiger partial charge in [0.25, 0.3) is 0 Å². The normalized spacial score (nSPS) is 29.0. The maximum absolute atomic E-state index is 12.0. The minimum Gasteiger partial charge on any atom is -0.370 e. The molecule has 4 rings (SSSR count). The van der Waals surface area contributed by atoms with Gasteiger partial charge in [0.2, 0.25) is 11.9 Å². The zero-order valence-corrected chi connectivity index (χ0v) is 14.5. The van der Waals surface area contributed by atoms with Crippen LogP contribution in [-0.2, 0) is 14.3 Å². The van der Waals surface area contributed by atoms with Crippen LogP contribution in [0.5, 0.6) is 0 Å². The zero-order valence-electron chi connectivity index (χ0n) is 14.5. The van der Waals surface area contributed by atoms with E-state index in [9.17, 15) is 4.79 Å². The van der Waals surface area contributed by atoms with Gasteiger partial charge in [-0.3, -0.25) is 4.79 Å². The molecule has 3 atom stereocenters. The summed E-state index contributed by atoms with van der Waals surface area (Å²) in [5.74, 6) is 0.906. The molecule has 0 radical (unpaired) electrons. The van der Waals surface area contributed by atoms with Crippen LogP contribution in [0.3, 0.4) is 0 Å². The Labute approximate surface area is 148 Å². The standard InChI is InChI=1S/C18H26N4O3/c23-17(21-9-1-2-10-21)13-24-12-14-4-5-15-16(25-14)6-11-22(15)18-19-7-3-8-20-18/h3,7-8,14-16H,1-2,4-6,9-13H2/t14-,15-,16-/m0/s1. The average Bonchev–Trinajstić information content (AvgIpc) is 3.32. The van der Waals surface area contributed by atoms with E-state index in [0.717, 1.165) is 57.7 Å². The van der Waals surface area contributed by atoms with Crippen molar-refractivity contribution in [2.45, 2.75) is 50.4 Å². The van der Waals surface area contributed by atoms with Gasteiger partial charge in [0.05, 0.1) is 24.9 Å². The number of nitrogens with zero attached hydrogens (tertiary/aromatic N) is 4. The molecule has 1 aromatic rings. The number of amides is 1. The molecule has 7 heteroatoms. The van der Waals surface area contributed by atoms with Crippen molar-refractivity contribution in [1.82, 2.24) is 14.9 Å². The van der Waals surface area contributed by atoms with Gasteiger partial charge in [-0.15, -0.1) is 0 Å². The Hall–Kier alpha value is -1.73. The number of carbonyl (C=O) groups excluding carboxylic acids is 1. The average molecular weight is 346 g/mol. The number of fused-ring (bicyclic) bond motifs is 1. The second-order valence-corrected chi connectivity index (χ2v) is 7.08. The summed E-state index contributed by atoms with van der Waals surface area (Å²) >= 11 is 0. The molecule has 4 heterocycles.